The van der Waals surface area contributed by atoms with Crippen LogP contribution >= 0.6 is 0 Å². The molecule has 0 aliphatic heterocycles. The van der Waals surface area contributed by atoms with E-state index in [4.69, 9.17) is 0 Å². The Balaban J connectivity index is 0. The van der Waals surface area contributed by atoms with Crippen LogP contribution in [0.3, 0.4) is 0 Å². The van der Waals surface area contributed by atoms with Gasteiger partial charge in [0.1, 0.15) is 0 Å². The molecule has 0 bridgehead atoms. The van der Waals surface area contributed by atoms with Crippen molar-refractivity contribution in [2.45, 2.75) is 104 Å². The van der Waals surface area contributed by atoms with Crippen molar-refractivity contribution in [1.29, 1.82) is 0 Å². The molecule has 0 spiro atoms. The maximum atomic E-state index is 2.29. The van der Waals surface area contributed by atoms with Crippen LogP contribution < -0.4 is 0 Å². The van der Waals surface area contributed by atoms with Gasteiger partial charge in [-0.3, -0.25) is 0 Å². The van der Waals surface area contributed by atoms with E-state index in [2.05, 4.69) is 13.8 Å². The van der Waals surface area contributed by atoms with E-state index >= 15 is 0 Å². The lowest BCUT2D eigenvalue weighted by Gasteiger charge is -2.02. The van der Waals surface area contributed by atoms with E-state index in [-0.39, 0.29) is 7.43 Å². The minimum atomic E-state index is 0. The Kier molecular flexibility index (Phi) is 20.9. The van der Waals surface area contributed by atoms with Gasteiger partial charge in [-0.05, 0) is 0 Å². The van der Waals surface area contributed by atoms with Crippen LogP contribution in [0.25, 0.3) is 0 Å². The number of rotatable bonds is 13. The summed E-state index contributed by atoms with van der Waals surface area (Å²) in [6, 6.07) is 0. The fourth-order valence-corrected chi connectivity index (χ4v) is 2.27. The fraction of sp³-hybridized carbons (Fsp3) is 0.941. The second-order valence-electron chi connectivity index (χ2n) is 5.24. The molecule has 0 heterocycles. The van der Waals surface area contributed by atoms with E-state index in [1.165, 1.54) is 89.9 Å². The molecule has 0 saturated heterocycles. The predicted octanol–water partition coefficient (Wildman–Crippen LogP) is 6.57. The lowest BCUT2D eigenvalue weighted by atomic mass is 10.0. The van der Waals surface area contributed by atoms with Gasteiger partial charge >= 0.3 is 0 Å². The highest BCUT2D eigenvalue weighted by Gasteiger charge is 1.92. The molecule has 0 aliphatic carbocycles. The first kappa shape index (κ1) is 19.3. The normalized spacial score (nSPS) is 10.2. The van der Waals surface area contributed by atoms with Gasteiger partial charge < -0.3 is 0 Å². The Labute approximate surface area is 112 Å². The highest BCUT2D eigenvalue weighted by atomic mass is 14.0. The lowest BCUT2D eigenvalue weighted by molar-refractivity contribution is 0.538. The third-order valence-electron chi connectivity index (χ3n) is 3.46. The van der Waals surface area contributed by atoms with Gasteiger partial charge in [-0.1, -0.05) is 104 Å². The molecule has 0 unspecified atom stereocenters. The van der Waals surface area contributed by atoms with E-state index in [1.54, 1.807) is 0 Å². The van der Waals surface area contributed by atoms with Gasteiger partial charge in [0.2, 0.25) is 0 Å². The molecule has 0 aromatic carbocycles. The standard InChI is InChI=1S/C16H34.C/c1-3-5-7-9-11-13-15-16-14-12-10-8-6-4-2;/h3-16H2,1-2H3;. The summed E-state index contributed by atoms with van der Waals surface area (Å²) >= 11 is 0. The molecule has 4 radical (unpaired) electrons. The Morgan fingerprint density at radius 3 is 0.706 bits per heavy atom. The van der Waals surface area contributed by atoms with Crippen molar-refractivity contribution in [2.75, 3.05) is 0 Å². The maximum absolute atomic E-state index is 2.29. The molecule has 0 aromatic rings. The largest absolute Gasteiger partial charge is 0.0654 e. The number of unbranched alkanes of at least 4 members (excludes halogenated alkanes) is 13. The van der Waals surface area contributed by atoms with Crippen molar-refractivity contribution in [2.24, 2.45) is 0 Å². The Morgan fingerprint density at radius 2 is 0.529 bits per heavy atom. The van der Waals surface area contributed by atoms with Gasteiger partial charge in [0.05, 0.1) is 0 Å². The molecule has 0 atom stereocenters. The molecule has 0 N–H and O–H groups in total. The molecular weight excluding hydrogens is 204 g/mol. The van der Waals surface area contributed by atoms with Gasteiger partial charge in [0.25, 0.3) is 0 Å². The summed E-state index contributed by atoms with van der Waals surface area (Å²) in [4.78, 5) is 0. The molecule has 0 aromatic heterocycles. The van der Waals surface area contributed by atoms with Gasteiger partial charge in [-0.15, -0.1) is 0 Å². The van der Waals surface area contributed by atoms with Crippen LogP contribution in [-0.4, -0.2) is 0 Å². The van der Waals surface area contributed by atoms with E-state index in [0.717, 1.165) is 0 Å². The number of hydrogen-bond acceptors (Lipinski definition) is 0. The summed E-state index contributed by atoms with van der Waals surface area (Å²) in [6.45, 7) is 4.58. The second-order valence-corrected chi connectivity index (χ2v) is 5.24. The fourth-order valence-electron chi connectivity index (χ4n) is 2.27. The summed E-state index contributed by atoms with van der Waals surface area (Å²) < 4.78 is 0. The van der Waals surface area contributed by atoms with Crippen LogP contribution in [0.4, 0.5) is 0 Å². The summed E-state index contributed by atoms with van der Waals surface area (Å²) in [7, 11) is 0. The lowest BCUT2D eigenvalue weighted by Crippen LogP contribution is -1.82. The van der Waals surface area contributed by atoms with Crippen LogP contribution in [-0.2, 0) is 0 Å². The third kappa shape index (κ3) is 18.6. The highest BCUT2D eigenvalue weighted by Crippen LogP contribution is 2.12. The third-order valence-corrected chi connectivity index (χ3v) is 3.46. The quantitative estimate of drug-likeness (QED) is 0.318. The van der Waals surface area contributed by atoms with Gasteiger partial charge in [0, 0.05) is 7.43 Å². The summed E-state index contributed by atoms with van der Waals surface area (Å²) in [5, 5.41) is 0. The van der Waals surface area contributed by atoms with Crippen LogP contribution in [0.1, 0.15) is 104 Å². The molecular formula is C17H34. The molecule has 0 nitrogen and oxygen atoms in total. The topological polar surface area (TPSA) is 0 Å². The monoisotopic (exact) mass is 238 g/mol. The average molecular weight is 238 g/mol. The summed E-state index contributed by atoms with van der Waals surface area (Å²) in [5.74, 6) is 0. The van der Waals surface area contributed by atoms with Crippen molar-refractivity contribution in [1.82, 2.24) is 0 Å². The van der Waals surface area contributed by atoms with Crippen LogP contribution in [0, 0.1) is 7.43 Å². The molecule has 102 valence electrons. The predicted molar refractivity (Wildman–Crippen MR) is 79.2 cm³/mol. The minimum absolute atomic E-state index is 0. The molecule has 17 heavy (non-hydrogen) atoms. The van der Waals surface area contributed by atoms with E-state index in [1.807, 2.05) is 0 Å². The number of hydrogen-bond donors (Lipinski definition) is 0. The van der Waals surface area contributed by atoms with Crippen molar-refractivity contribution < 1.29 is 0 Å². The maximum Gasteiger partial charge on any atom is 0 e. The minimum Gasteiger partial charge on any atom is -0.0654 e. The van der Waals surface area contributed by atoms with Crippen LogP contribution in [0.2, 0.25) is 0 Å². The Morgan fingerprint density at radius 1 is 0.353 bits per heavy atom. The first-order chi connectivity index (χ1) is 7.91. The molecule has 0 saturated carbocycles. The Hall–Kier alpha value is 0. The van der Waals surface area contributed by atoms with Crippen molar-refractivity contribution in [3.63, 3.8) is 0 Å². The van der Waals surface area contributed by atoms with Crippen molar-refractivity contribution in [3.05, 3.63) is 7.43 Å². The zero-order valence-electron chi connectivity index (χ0n) is 12.4. The molecule has 0 heteroatoms. The first-order valence-corrected chi connectivity index (χ1v) is 7.91. The van der Waals surface area contributed by atoms with Crippen molar-refractivity contribution in [3.8, 4) is 0 Å². The smallest absolute Gasteiger partial charge is 0 e. The van der Waals surface area contributed by atoms with E-state index < -0.39 is 0 Å². The zero-order valence-corrected chi connectivity index (χ0v) is 12.4. The molecule has 0 aliphatic rings. The average Bonchev–Trinajstić information content (AvgIpc) is 2.31. The SMILES string of the molecule is CCCCCCCCCCCCCCCC.[C]. The van der Waals surface area contributed by atoms with Gasteiger partial charge in [-0.2, -0.15) is 0 Å². The second kappa shape index (κ2) is 18.4. The molecule has 0 rings (SSSR count). The summed E-state index contributed by atoms with van der Waals surface area (Å²) in [5.41, 5.74) is 0. The van der Waals surface area contributed by atoms with Crippen molar-refractivity contribution >= 4 is 0 Å². The van der Waals surface area contributed by atoms with E-state index in [9.17, 15) is 0 Å². The highest BCUT2D eigenvalue weighted by molar-refractivity contribution is 4.48. The molecule has 0 fully saturated rings. The molecule has 0 amide bonds. The first-order valence-electron chi connectivity index (χ1n) is 7.91. The Bertz CT molecular complexity index is 92.6. The van der Waals surface area contributed by atoms with Gasteiger partial charge in [0.15, 0.2) is 0 Å². The van der Waals surface area contributed by atoms with Gasteiger partial charge in [-0.25, -0.2) is 0 Å². The van der Waals surface area contributed by atoms with Crippen LogP contribution in [0.5, 0.6) is 0 Å². The zero-order chi connectivity index (χ0) is 11.9. The summed E-state index contributed by atoms with van der Waals surface area (Å²) in [6.07, 6.45) is 20.4. The van der Waals surface area contributed by atoms with Crippen LogP contribution in [0.15, 0.2) is 0 Å². The van der Waals surface area contributed by atoms with E-state index in [0.29, 0.717) is 0 Å².